The third-order valence-electron chi connectivity index (χ3n) is 5.21. The first-order valence-electron chi connectivity index (χ1n) is 8.46. The molecule has 2 unspecified atom stereocenters. The molecule has 0 bridgehead atoms. The molecule has 5 rings (SSSR count). The van der Waals surface area contributed by atoms with Crippen LogP contribution in [0.4, 0.5) is 11.6 Å². The van der Waals surface area contributed by atoms with Crippen molar-refractivity contribution in [1.29, 1.82) is 0 Å². The topological polar surface area (TPSA) is 62.5 Å². The molecule has 3 aromatic rings. The van der Waals surface area contributed by atoms with Crippen LogP contribution >= 0.6 is 11.6 Å². The maximum absolute atomic E-state index is 5.95. The third kappa shape index (κ3) is 2.50. The number of aryl methyl sites for hydroxylation is 1. The van der Waals surface area contributed by atoms with E-state index >= 15 is 0 Å². The first-order chi connectivity index (χ1) is 12.2. The molecule has 2 aliphatic heterocycles. The normalized spacial score (nSPS) is 22.8. The lowest BCUT2D eigenvalue weighted by Crippen LogP contribution is -2.30. The quantitative estimate of drug-likeness (QED) is 0.701. The highest BCUT2D eigenvalue weighted by Gasteiger charge is 2.41. The summed E-state index contributed by atoms with van der Waals surface area (Å²) in [6, 6.07) is 6.01. The van der Waals surface area contributed by atoms with E-state index in [1.165, 1.54) is 0 Å². The van der Waals surface area contributed by atoms with Crippen molar-refractivity contribution in [3.05, 3.63) is 41.4 Å². The Labute approximate surface area is 150 Å². The molecular formula is C17H18ClN7. The minimum atomic E-state index is 0.629. The van der Waals surface area contributed by atoms with E-state index in [-0.39, 0.29) is 0 Å². The van der Waals surface area contributed by atoms with E-state index in [2.05, 4.69) is 35.9 Å². The van der Waals surface area contributed by atoms with Crippen molar-refractivity contribution in [1.82, 2.24) is 24.6 Å². The van der Waals surface area contributed by atoms with Crippen LogP contribution in [0.5, 0.6) is 0 Å². The predicted molar refractivity (Wildman–Crippen MR) is 96.2 cm³/mol. The number of hydrogen-bond donors (Lipinski definition) is 0. The van der Waals surface area contributed by atoms with Gasteiger partial charge in [-0.15, -0.1) is 0 Å². The summed E-state index contributed by atoms with van der Waals surface area (Å²) in [5.41, 5.74) is 0.972. The molecule has 0 radical (unpaired) electrons. The van der Waals surface area contributed by atoms with Crippen molar-refractivity contribution < 1.29 is 0 Å². The second-order valence-electron chi connectivity index (χ2n) is 6.89. The highest BCUT2D eigenvalue weighted by atomic mass is 35.5. The van der Waals surface area contributed by atoms with Crippen LogP contribution < -0.4 is 9.80 Å². The number of nitrogens with zero attached hydrogens (tertiary/aromatic N) is 7. The van der Waals surface area contributed by atoms with Gasteiger partial charge >= 0.3 is 0 Å². The molecule has 0 N–H and O–H groups in total. The average molecular weight is 356 g/mol. The van der Waals surface area contributed by atoms with Crippen LogP contribution in [0, 0.1) is 18.8 Å². The standard InChI is InChI=1S/C17H18ClN7/c1-11-4-16(25-17(22-11)20-10-21-25)24-8-12-6-23(7-13(12)9-24)15-3-2-14(18)5-19-15/h2-5,10,12-13H,6-9H2,1H3. The molecule has 0 spiro atoms. The summed E-state index contributed by atoms with van der Waals surface area (Å²) in [7, 11) is 0. The Balaban J connectivity index is 1.37. The molecule has 2 saturated heterocycles. The molecule has 0 aliphatic carbocycles. The van der Waals surface area contributed by atoms with Crippen LogP contribution in [0.3, 0.4) is 0 Å². The van der Waals surface area contributed by atoms with Gasteiger partial charge in [0.2, 0.25) is 0 Å². The van der Waals surface area contributed by atoms with Gasteiger partial charge in [0.25, 0.3) is 5.78 Å². The molecule has 2 aliphatic rings. The summed E-state index contributed by atoms with van der Waals surface area (Å²) >= 11 is 5.95. The van der Waals surface area contributed by atoms with Crippen molar-refractivity contribution in [2.45, 2.75) is 6.92 Å². The monoisotopic (exact) mass is 355 g/mol. The van der Waals surface area contributed by atoms with Gasteiger partial charge in [0.05, 0.1) is 5.02 Å². The van der Waals surface area contributed by atoms with Crippen LogP contribution in [0.15, 0.2) is 30.7 Å². The lowest BCUT2D eigenvalue weighted by molar-refractivity contribution is 0.533. The van der Waals surface area contributed by atoms with Gasteiger partial charge in [0.1, 0.15) is 18.0 Å². The molecular weight excluding hydrogens is 338 g/mol. The zero-order valence-electron chi connectivity index (χ0n) is 13.9. The average Bonchev–Trinajstić information content (AvgIpc) is 3.28. The lowest BCUT2D eigenvalue weighted by Gasteiger charge is -2.24. The maximum Gasteiger partial charge on any atom is 0.254 e. The number of fused-ring (bicyclic) bond motifs is 2. The van der Waals surface area contributed by atoms with Gasteiger partial charge in [-0.3, -0.25) is 0 Å². The lowest BCUT2D eigenvalue weighted by atomic mass is 10.0. The first-order valence-corrected chi connectivity index (χ1v) is 8.84. The van der Waals surface area contributed by atoms with Crippen molar-refractivity contribution in [2.75, 3.05) is 36.0 Å². The van der Waals surface area contributed by atoms with Gasteiger partial charge in [-0.1, -0.05) is 11.6 Å². The van der Waals surface area contributed by atoms with Crippen LogP contribution in [0.1, 0.15) is 5.69 Å². The van der Waals surface area contributed by atoms with E-state index in [1.54, 1.807) is 12.5 Å². The zero-order valence-corrected chi connectivity index (χ0v) is 14.6. The Bertz CT molecular complexity index is 908. The zero-order chi connectivity index (χ0) is 17.0. The van der Waals surface area contributed by atoms with Gasteiger partial charge in [-0.2, -0.15) is 14.6 Å². The van der Waals surface area contributed by atoms with Gasteiger partial charge in [0, 0.05) is 56.0 Å². The SMILES string of the molecule is Cc1cc(N2CC3CN(c4ccc(Cl)cn4)CC3C2)n2ncnc2n1. The largest absolute Gasteiger partial charge is 0.356 e. The predicted octanol–water partition coefficient (Wildman–Crippen LogP) is 2.05. The van der Waals surface area contributed by atoms with E-state index < -0.39 is 0 Å². The highest BCUT2D eigenvalue weighted by Crippen LogP contribution is 2.35. The fourth-order valence-corrected chi connectivity index (χ4v) is 4.17. The summed E-state index contributed by atoms with van der Waals surface area (Å²) in [6.45, 7) is 6.10. The number of rotatable bonds is 2. The molecule has 128 valence electrons. The fourth-order valence-electron chi connectivity index (χ4n) is 4.06. The summed E-state index contributed by atoms with van der Waals surface area (Å²) in [4.78, 5) is 17.9. The smallest absolute Gasteiger partial charge is 0.254 e. The molecule has 0 aromatic carbocycles. The first kappa shape index (κ1) is 14.9. The molecule has 0 amide bonds. The van der Waals surface area contributed by atoms with Gasteiger partial charge in [0.15, 0.2) is 0 Å². The molecule has 7 nitrogen and oxygen atoms in total. The second-order valence-corrected chi connectivity index (χ2v) is 7.33. The van der Waals surface area contributed by atoms with Gasteiger partial charge in [-0.25, -0.2) is 9.97 Å². The van der Waals surface area contributed by atoms with Gasteiger partial charge < -0.3 is 9.80 Å². The number of anilines is 2. The Morgan fingerprint density at radius 2 is 1.80 bits per heavy atom. The van der Waals surface area contributed by atoms with Crippen LogP contribution in [-0.2, 0) is 0 Å². The van der Waals surface area contributed by atoms with E-state index in [0.29, 0.717) is 22.6 Å². The van der Waals surface area contributed by atoms with Gasteiger partial charge in [-0.05, 0) is 19.1 Å². The van der Waals surface area contributed by atoms with Crippen LogP contribution in [0.2, 0.25) is 5.02 Å². The molecule has 3 aromatic heterocycles. The number of halogens is 1. The van der Waals surface area contributed by atoms with E-state index in [9.17, 15) is 0 Å². The third-order valence-corrected chi connectivity index (χ3v) is 5.43. The van der Waals surface area contributed by atoms with Crippen molar-refractivity contribution in [2.24, 2.45) is 11.8 Å². The number of aromatic nitrogens is 5. The molecule has 25 heavy (non-hydrogen) atoms. The number of pyridine rings is 1. The maximum atomic E-state index is 5.95. The summed E-state index contributed by atoms with van der Waals surface area (Å²) < 4.78 is 1.84. The Kier molecular flexibility index (Phi) is 3.31. The highest BCUT2D eigenvalue weighted by molar-refractivity contribution is 6.30. The van der Waals surface area contributed by atoms with Crippen LogP contribution in [0.25, 0.3) is 5.78 Å². The Morgan fingerprint density at radius 3 is 2.52 bits per heavy atom. The summed E-state index contributed by atoms with van der Waals surface area (Å²) in [5.74, 6) is 4.03. The van der Waals surface area contributed by atoms with E-state index in [0.717, 1.165) is 43.5 Å². The minimum absolute atomic E-state index is 0.629. The molecule has 8 heteroatoms. The Morgan fingerprint density at radius 1 is 1.04 bits per heavy atom. The molecule has 2 fully saturated rings. The summed E-state index contributed by atoms with van der Waals surface area (Å²) in [5, 5.41) is 5.02. The summed E-state index contributed by atoms with van der Waals surface area (Å²) in [6.07, 6.45) is 3.29. The van der Waals surface area contributed by atoms with E-state index in [1.807, 2.05) is 23.6 Å². The van der Waals surface area contributed by atoms with Crippen molar-refractivity contribution >= 4 is 29.0 Å². The van der Waals surface area contributed by atoms with Crippen LogP contribution in [-0.4, -0.2) is 50.7 Å². The second kappa shape index (κ2) is 5.56. The number of hydrogen-bond acceptors (Lipinski definition) is 6. The Hall–Kier alpha value is -2.41. The van der Waals surface area contributed by atoms with Crippen molar-refractivity contribution in [3.8, 4) is 0 Å². The van der Waals surface area contributed by atoms with E-state index in [4.69, 9.17) is 11.6 Å². The fraction of sp³-hybridized carbons (Fsp3) is 0.412. The molecule has 0 saturated carbocycles. The molecule has 5 heterocycles. The molecule has 2 atom stereocenters. The van der Waals surface area contributed by atoms with Crippen molar-refractivity contribution in [3.63, 3.8) is 0 Å². The minimum Gasteiger partial charge on any atom is -0.356 e.